The van der Waals surface area contributed by atoms with Crippen molar-refractivity contribution in [3.05, 3.63) is 30.2 Å². The maximum Gasteiger partial charge on any atom is 0.133 e. The van der Waals surface area contributed by atoms with Gasteiger partial charge in [-0.3, -0.25) is 4.98 Å². The third-order valence-corrected chi connectivity index (χ3v) is 2.24. The molecule has 0 radical (unpaired) electrons. The van der Waals surface area contributed by atoms with E-state index in [0.29, 0.717) is 6.54 Å². The molecule has 0 aliphatic heterocycles. The third-order valence-electron chi connectivity index (χ3n) is 1.61. The van der Waals surface area contributed by atoms with Crippen LogP contribution in [-0.2, 0) is 6.54 Å². The van der Waals surface area contributed by atoms with Crippen LogP contribution in [0.3, 0.4) is 0 Å². The topological polar surface area (TPSA) is 70.9 Å². The Bertz CT molecular complexity index is 386. The first kappa shape index (κ1) is 8.89. The van der Waals surface area contributed by atoms with Gasteiger partial charge >= 0.3 is 0 Å². The fraction of sp³-hybridized carbons (Fsp3) is 0.125. The molecular formula is C8H8N4OS. The van der Waals surface area contributed by atoms with Crippen LogP contribution in [0.4, 0.5) is 5.00 Å². The maximum absolute atomic E-state index is 9.01. The van der Waals surface area contributed by atoms with Crippen molar-refractivity contribution in [3.8, 4) is 5.75 Å². The van der Waals surface area contributed by atoms with E-state index in [1.807, 2.05) is 0 Å². The summed E-state index contributed by atoms with van der Waals surface area (Å²) in [5.74, 6) is 0.174. The van der Waals surface area contributed by atoms with E-state index < -0.39 is 0 Å². The number of nitrogens with zero attached hydrogens (tertiary/aromatic N) is 3. The lowest BCUT2D eigenvalue weighted by molar-refractivity contribution is 0.472. The number of anilines is 1. The van der Waals surface area contributed by atoms with Gasteiger partial charge in [0, 0.05) is 11.5 Å². The molecule has 6 heteroatoms. The SMILES string of the molecule is Oc1ccc(CNc2cnns2)nc1. The van der Waals surface area contributed by atoms with Crippen LogP contribution in [0.5, 0.6) is 5.75 Å². The molecule has 0 atom stereocenters. The summed E-state index contributed by atoms with van der Waals surface area (Å²) >= 11 is 1.30. The number of nitrogens with one attached hydrogen (secondary N) is 1. The molecule has 0 aromatic carbocycles. The van der Waals surface area contributed by atoms with E-state index in [-0.39, 0.29) is 5.75 Å². The molecular weight excluding hydrogens is 200 g/mol. The zero-order valence-corrected chi connectivity index (χ0v) is 8.03. The zero-order valence-electron chi connectivity index (χ0n) is 7.21. The monoisotopic (exact) mass is 208 g/mol. The van der Waals surface area contributed by atoms with Crippen LogP contribution in [0, 0.1) is 0 Å². The molecule has 72 valence electrons. The molecule has 0 fully saturated rings. The Morgan fingerprint density at radius 2 is 2.29 bits per heavy atom. The van der Waals surface area contributed by atoms with Gasteiger partial charge in [0.05, 0.1) is 24.6 Å². The molecule has 0 saturated heterocycles. The first-order valence-corrected chi connectivity index (χ1v) is 4.77. The Morgan fingerprint density at radius 3 is 2.93 bits per heavy atom. The van der Waals surface area contributed by atoms with E-state index in [2.05, 4.69) is 19.9 Å². The number of rotatable bonds is 3. The van der Waals surface area contributed by atoms with Crippen molar-refractivity contribution < 1.29 is 5.11 Å². The Hall–Kier alpha value is -1.69. The summed E-state index contributed by atoms with van der Waals surface area (Å²) in [4.78, 5) is 4.03. The van der Waals surface area contributed by atoms with E-state index in [1.54, 1.807) is 18.3 Å². The summed E-state index contributed by atoms with van der Waals surface area (Å²) in [6.07, 6.45) is 3.08. The summed E-state index contributed by atoms with van der Waals surface area (Å²) in [6.45, 7) is 0.601. The molecule has 2 heterocycles. The molecule has 0 bridgehead atoms. The van der Waals surface area contributed by atoms with Gasteiger partial charge in [0.25, 0.3) is 0 Å². The van der Waals surface area contributed by atoms with Gasteiger partial charge in [-0.05, 0) is 12.1 Å². The average Bonchev–Trinajstić information content (AvgIpc) is 2.70. The molecule has 5 nitrogen and oxygen atoms in total. The number of aromatic hydroxyl groups is 1. The molecule has 2 rings (SSSR count). The minimum Gasteiger partial charge on any atom is -0.506 e. The molecule has 0 saturated carbocycles. The number of hydrogen-bond acceptors (Lipinski definition) is 6. The van der Waals surface area contributed by atoms with Gasteiger partial charge in [-0.2, -0.15) is 0 Å². The second-order valence-corrected chi connectivity index (χ2v) is 3.43. The number of hydrogen-bond donors (Lipinski definition) is 2. The minimum atomic E-state index is 0.174. The third kappa shape index (κ3) is 2.17. The smallest absolute Gasteiger partial charge is 0.133 e. The Labute approximate surface area is 84.6 Å². The molecule has 0 amide bonds. The van der Waals surface area contributed by atoms with Crippen LogP contribution in [-0.4, -0.2) is 19.7 Å². The predicted molar refractivity (Wildman–Crippen MR) is 53.1 cm³/mol. The summed E-state index contributed by atoms with van der Waals surface area (Å²) in [6, 6.07) is 3.37. The van der Waals surface area contributed by atoms with Crippen molar-refractivity contribution in [2.75, 3.05) is 5.32 Å². The highest BCUT2D eigenvalue weighted by Gasteiger charge is 1.97. The van der Waals surface area contributed by atoms with Crippen molar-refractivity contribution in [1.29, 1.82) is 0 Å². The van der Waals surface area contributed by atoms with Crippen molar-refractivity contribution in [1.82, 2.24) is 14.6 Å². The van der Waals surface area contributed by atoms with Crippen molar-refractivity contribution >= 4 is 16.5 Å². The fourth-order valence-electron chi connectivity index (χ4n) is 0.944. The second-order valence-electron chi connectivity index (χ2n) is 2.64. The largest absolute Gasteiger partial charge is 0.506 e. The van der Waals surface area contributed by atoms with Gasteiger partial charge in [-0.25, -0.2) is 0 Å². The molecule has 0 aliphatic rings. The Kier molecular flexibility index (Phi) is 2.55. The van der Waals surface area contributed by atoms with Crippen LogP contribution in [0.1, 0.15) is 5.69 Å². The van der Waals surface area contributed by atoms with Crippen molar-refractivity contribution in [2.24, 2.45) is 0 Å². The standard InChI is InChI=1S/C8H8N4OS/c13-7-2-1-6(9-4-7)3-10-8-5-11-12-14-8/h1-2,4-5,10,13H,3H2. The van der Waals surface area contributed by atoms with E-state index in [0.717, 1.165) is 10.7 Å². The molecule has 0 spiro atoms. The van der Waals surface area contributed by atoms with Crippen LogP contribution >= 0.6 is 11.5 Å². The average molecular weight is 208 g/mol. The maximum atomic E-state index is 9.01. The number of pyridine rings is 1. The van der Waals surface area contributed by atoms with Crippen molar-refractivity contribution in [3.63, 3.8) is 0 Å². The number of aromatic nitrogens is 3. The van der Waals surface area contributed by atoms with E-state index in [1.165, 1.54) is 17.7 Å². The van der Waals surface area contributed by atoms with Crippen molar-refractivity contribution in [2.45, 2.75) is 6.54 Å². The Morgan fingerprint density at radius 1 is 1.36 bits per heavy atom. The van der Waals surface area contributed by atoms with Gasteiger partial charge in [-0.15, -0.1) is 5.10 Å². The first-order chi connectivity index (χ1) is 6.84. The minimum absolute atomic E-state index is 0.174. The lowest BCUT2D eigenvalue weighted by Crippen LogP contribution is -1.99. The highest BCUT2D eigenvalue weighted by atomic mass is 32.1. The van der Waals surface area contributed by atoms with E-state index >= 15 is 0 Å². The highest BCUT2D eigenvalue weighted by Crippen LogP contribution is 2.11. The van der Waals surface area contributed by atoms with Crippen LogP contribution in [0.25, 0.3) is 0 Å². The normalized spacial score (nSPS) is 10.0. The lowest BCUT2D eigenvalue weighted by Gasteiger charge is -2.01. The van der Waals surface area contributed by atoms with Gasteiger partial charge in [0.15, 0.2) is 0 Å². The summed E-state index contributed by atoms with van der Waals surface area (Å²) in [5, 5.41) is 16.7. The molecule has 0 unspecified atom stereocenters. The van der Waals surface area contributed by atoms with Crippen LogP contribution in [0.2, 0.25) is 0 Å². The fourth-order valence-corrected chi connectivity index (χ4v) is 1.36. The van der Waals surface area contributed by atoms with Gasteiger partial charge in [-0.1, -0.05) is 4.49 Å². The van der Waals surface area contributed by atoms with Crippen LogP contribution in [0.15, 0.2) is 24.5 Å². The quantitative estimate of drug-likeness (QED) is 0.794. The predicted octanol–water partition coefficient (Wildman–Crippen LogP) is 1.25. The summed E-state index contributed by atoms with van der Waals surface area (Å²) in [5.41, 5.74) is 0.858. The van der Waals surface area contributed by atoms with Crippen LogP contribution < -0.4 is 5.32 Å². The molecule has 0 aliphatic carbocycles. The van der Waals surface area contributed by atoms with Gasteiger partial charge < -0.3 is 10.4 Å². The van der Waals surface area contributed by atoms with Gasteiger partial charge in [0.1, 0.15) is 10.8 Å². The molecule has 2 aromatic heterocycles. The first-order valence-electron chi connectivity index (χ1n) is 4.00. The molecule has 2 N–H and O–H groups in total. The summed E-state index contributed by atoms with van der Waals surface area (Å²) < 4.78 is 3.72. The van der Waals surface area contributed by atoms with E-state index in [4.69, 9.17) is 5.11 Å². The zero-order chi connectivity index (χ0) is 9.80. The summed E-state index contributed by atoms with van der Waals surface area (Å²) in [7, 11) is 0. The molecule has 14 heavy (non-hydrogen) atoms. The molecule has 2 aromatic rings. The highest BCUT2D eigenvalue weighted by molar-refractivity contribution is 7.09. The van der Waals surface area contributed by atoms with Gasteiger partial charge in [0.2, 0.25) is 0 Å². The second kappa shape index (κ2) is 4.01. The lowest BCUT2D eigenvalue weighted by atomic mass is 10.3. The Balaban J connectivity index is 1.95. The van der Waals surface area contributed by atoms with E-state index in [9.17, 15) is 0 Å².